The van der Waals surface area contributed by atoms with Gasteiger partial charge in [0.25, 0.3) is 0 Å². The Balaban J connectivity index is 2.64. The molecular formula is C12H13N3O3. The van der Waals surface area contributed by atoms with E-state index in [0.29, 0.717) is 11.3 Å². The molecule has 1 amide bonds. The lowest BCUT2D eigenvalue weighted by Crippen LogP contribution is -2.44. The van der Waals surface area contributed by atoms with Gasteiger partial charge in [-0.05, 0) is 18.2 Å². The van der Waals surface area contributed by atoms with Crippen molar-refractivity contribution < 1.29 is 14.7 Å². The van der Waals surface area contributed by atoms with Crippen molar-refractivity contribution in [2.45, 2.75) is 13.0 Å². The number of hydrogen-bond donors (Lipinski definition) is 3. The molecule has 0 spiro atoms. The normalized spacial score (nSPS) is 11.1. The molecule has 1 rings (SSSR count). The van der Waals surface area contributed by atoms with E-state index in [1.807, 2.05) is 6.07 Å². The predicted octanol–water partition coefficient (Wildman–Crippen LogP) is 0.559. The van der Waals surface area contributed by atoms with Crippen molar-refractivity contribution in [3.05, 3.63) is 29.8 Å². The maximum Gasteiger partial charge on any atom is 0.328 e. The number of carboxylic acid groups (broad SMARTS) is 1. The minimum absolute atomic E-state index is 0.0454. The van der Waals surface area contributed by atoms with Crippen molar-refractivity contribution in [3.8, 4) is 6.07 Å². The van der Waals surface area contributed by atoms with Crippen molar-refractivity contribution in [2.24, 2.45) is 0 Å². The first-order chi connectivity index (χ1) is 8.52. The summed E-state index contributed by atoms with van der Waals surface area (Å²) in [4.78, 5) is 21.7. The van der Waals surface area contributed by atoms with Crippen LogP contribution in [-0.4, -0.2) is 29.6 Å². The highest BCUT2D eigenvalue weighted by atomic mass is 16.4. The molecule has 3 N–H and O–H groups in total. The zero-order valence-corrected chi connectivity index (χ0v) is 9.80. The molecule has 6 heteroatoms. The Hall–Kier alpha value is -2.55. The van der Waals surface area contributed by atoms with Crippen LogP contribution in [0.25, 0.3) is 0 Å². The molecule has 0 saturated carbocycles. The van der Waals surface area contributed by atoms with Gasteiger partial charge in [0, 0.05) is 19.2 Å². The first-order valence-electron chi connectivity index (χ1n) is 5.27. The molecule has 1 aromatic rings. The number of nitrogens with zero attached hydrogens (tertiary/aromatic N) is 1. The fourth-order valence-corrected chi connectivity index (χ4v) is 1.36. The predicted molar refractivity (Wildman–Crippen MR) is 64.9 cm³/mol. The molecule has 0 saturated heterocycles. The molecule has 0 bridgehead atoms. The van der Waals surface area contributed by atoms with Crippen LogP contribution in [0.2, 0.25) is 0 Å². The van der Waals surface area contributed by atoms with Crippen LogP contribution in [0.4, 0.5) is 5.69 Å². The largest absolute Gasteiger partial charge is 0.480 e. The second-order valence-electron chi connectivity index (χ2n) is 3.66. The summed E-state index contributed by atoms with van der Waals surface area (Å²) in [6.07, 6.45) is 0. The van der Waals surface area contributed by atoms with E-state index in [0.717, 1.165) is 0 Å². The Kier molecular flexibility index (Phi) is 4.69. The Labute approximate surface area is 104 Å². The van der Waals surface area contributed by atoms with E-state index in [1.54, 1.807) is 24.3 Å². The van der Waals surface area contributed by atoms with E-state index in [2.05, 4.69) is 10.6 Å². The first-order valence-corrected chi connectivity index (χ1v) is 5.27. The summed E-state index contributed by atoms with van der Waals surface area (Å²) in [7, 11) is 0. The maximum absolute atomic E-state index is 10.9. The lowest BCUT2D eigenvalue weighted by Gasteiger charge is -2.14. The summed E-state index contributed by atoms with van der Waals surface area (Å²) < 4.78 is 0. The summed E-state index contributed by atoms with van der Waals surface area (Å²) in [5.41, 5.74) is 1.11. The van der Waals surface area contributed by atoms with Gasteiger partial charge in [-0.1, -0.05) is 6.07 Å². The molecule has 18 heavy (non-hydrogen) atoms. The number of anilines is 1. The molecule has 0 aliphatic rings. The van der Waals surface area contributed by atoms with Gasteiger partial charge in [-0.15, -0.1) is 0 Å². The smallest absolute Gasteiger partial charge is 0.328 e. The van der Waals surface area contributed by atoms with E-state index in [-0.39, 0.29) is 6.54 Å². The Morgan fingerprint density at radius 1 is 1.50 bits per heavy atom. The number of amides is 1. The lowest BCUT2D eigenvalue weighted by atomic mass is 10.2. The molecule has 0 radical (unpaired) electrons. The van der Waals surface area contributed by atoms with Gasteiger partial charge in [0.1, 0.15) is 6.04 Å². The summed E-state index contributed by atoms with van der Waals surface area (Å²) in [6.45, 7) is 1.30. The van der Waals surface area contributed by atoms with Crippen LogP contribution < -0.4 is 10.6 Å². The number of rotatable bonds is 5. The minimum atomic E-state index is -1.12. The minimum Gasteiger partial charge on any atom is -0.480 e. The van der Waals surface area contributed by atoms with Gasteiger partial charge in [0.05, 0.1) is 11.6 Å². The van der Waals surface area contributed by atoms with E-state index in [4.69, 9.17) is 10.4 Å². The second-order valence-corrected chi connectivity index (χ2v) is 3.66. The molecule has 94 valence electrons. The molecule has 1 unspecified atom stereocenters. The molecule has 0 fully saturated rings. The Morgan fingerprint density at radius 2 is 2.22 bits per heavy atom. The highest BCUT2D eigenvalue weighted by Crippen LogP contribution is 2.09. The number of nitriles is 1. The SMILES string of the molecule is CC(=O)NC(CNc1cccc(C#N)c1)C(=O)O. The third-order valence-corrected chi connectivity index (χ3v) is 2.18. The number of carbonyl (C=O) groups is 2. The van der Waals surface area contributed by atoms with Gasteiger partial charge in [0.15, 0.2) is 0 Å². The van der Waals surface area contributed by atoms with Crippen LogP contribution in [0, 0.1) is 11.3 Å². The monoisotopic (exact) mass is 247 g/mol. The van der Waals surface area contributed by atoms with Gasteiger partial charge >= 0.3 is 5.97 Å². The van der Waals surface area contributed by atoms with Crippen molar-refractivity contribution in [1.82, 2.24) is 5.32 Å². The number of carboxylic acids is 1. The van der Waals surface area contributed by atoms with Crippen LogP contribution in [0.3, 0.4) is 0 Å². The molecule has 6 nitrogen and oxygen atoms in total. The third-order valence-electron chi connectivity index (χ3n) is 2.18. The van der Waals surface area contributed by atoms with Crippen LogP contribution in [0.5, 0.6) is 0 Å². The molecule has 1 aromatic carbocycles. The Bertz CT molecular complexity index is 494. The van der Waals surface area contributed by atoms with Crippen molar-refractivity contribution in [3.63, 3.8) is 0 Å². The van der Waals surface area contributed by atoms with Crippen molar-refractivity contribution >= 4 is 17.6 Å². The van der Waals surface area contributed by atoms with Crippen molar-refractivity contribution in [1.29, 1.82) is 5.26 Å². The maximum atomic E-state index is 10.9. The Morgan fingerprint density at radius 3 is 2.78 bits per heavy atom. The number of nitrogens with one attached hydrogen (secondary N) is 2. The number of carbonyl (C=O) groups excluding carboxylic acids is 1. The second kappa shape index (κ2) is 6.25. The molecule has 0 aliphatic heterocycles. The van der Waals surface area contributed by atoms with Gasteiger partial charge in [0.2, 0.25) is 5.91 Å². The van der Waals surface area contributed by atoms with E-state index in [1.165, 1.54) is 6.92 Å². The fraction of sp³-hybridized carbons (Fsp3) is 0.250. The fourth-order valence-electron chi connectivity index (χ4n) is 1.36. The van der Waals surface area contributed by atoms with Gasteiger partial charge in [-0.25, -0.2) is 4.79 Å². The standard InChI is InChI=1S/C12H13N3O3/c1-8(16)15-11(12(17)18)7-14-10-4-2-3-9(5-10)6-13/h2-5,11,14H,7H2,1H3,(H,15,16)(H,17,18). The van der Waals surface area contributed by atoms with Crippen molar-refractivity contribution in [2.75, 3.05) is 11.9 Å². The zero-order chi connectivity index (χ0) is 13.5. The first kappa shape index (κ1) is 13.5. The number of aliphatic carboxylic acids is 1. The summed E-state index contributed by atoms with van der Waals surface area (Å²) in [5.74, 6) is -1.52. The number of benzene rings is 1. The van der Waals surface area contributed by atoms with Gasteiger partial charge in [-0.3, -0.25) is 4.79 Å². The zero-order valence-electron chi connectivity index (χ0n) is 9.80. The van der Waals surface area contributed by atoms with Crippen LogP contribution in [0.15, 0.2) is 24.3 Å². The van der Waals surface area contributed by atoms with Crippen LogP contribution in [-0.2, 0) is 9.59 Å². The lowest BCUT2D eigenvalue weighted by molar-refractivity contribution is -0.141. The molecular weight excluding hydrogens is 234 g/mol. The van der Waals surface area contributed by atoms with Gasteiger partial charge < -0.3 is 15.7 Å². The van der Waals surface area contributed by atoms with E-state index < -0.39 is 17.9 Å². The highest BCUT2D eigenvalue weighted by Gasteiger charge is 2.17. The average Bonchev–Trinajstić information content (AvgIpc) is 2.34. The van der Waals surface area contributed by atoms with Crippen LogP contribution >= 0.6 is 0 Å². The molecule has 1 atom stereocenters. The molecule has 0 aliphatic carbocycles. The average molecular weight is 247 g/mol. The van der Waals surface area contributed by atoms with Gasteiger partial charge in [-0.2, -0.15) is 5.26 Å². The third kappa shape index (κ3) is 4.14. The molecule has 0 heterocycles. The summed E-state index contributed by atoms with van der Waals surface area (Å²) in [6, 6.07) is 7.63. The molecule has 0 aromatic heterocycles. The topological polar surface area (TPSA) is 102 Å². The van der Waals surface area contributed by atoms with Crippen LogP contribution in [0.1, 0.15) is 12.5 Å². The summed E-state index contributed by atoms with van der Waals surface area (Å²) >= 11 is 0. The number of hydrogen-bond acceptors (Lipinski definition) is 4. The van der Waals surface area contributed by atoms with E-state index >= 15 is 0 Å². The highest BCUT2D eigenvalue weighted by molar-refractivity contribution is 5.82. The quantitative estimate of drug-likeness (QED) is 0.705. The van der Waals surface area contributed by atoms with E-state index in [9.17, 15) is 9.59 Å². The summed E-state index contributed by atoms with van der Waals surface area (Å²) in [5, 5.41) is 22.8.